The standard InChI is InChI=1S/C23H24N4O4/c1-29-19-8-21-20(30-13-31-21)7-16(19)12-26-9-14-6-15(11-26)18-3-2-17(22-24-4-5-25-22)23(28)27(18)10-14/h2-5,7-8,14-15H,6,9-13H2,1H3,(H,24,25)/t14-,15+/m0/s1. The lowest BCUT2D eigenvalue weighted by atomic mass is 9.82. The molecule has 5 heterocycles. The van der Waals surface area contributed by atoms with Crippen molar-refractivity contribution in [2.75, 3.05) is 27.0 Å². The molecule has 0 aliphatic carbocycles. The van der Waals surface area contributed by atoms with E-state index in [1.165, 1.54) is 0 Å². The predicted molar refractivity (Wildman–Crippen MR) is 114 cm³/mol. The number of aromatic nitrogens is 3. The van der Waals surface area contributed by atoms with Gasteiger partial charge in [-0.3, -0.25) is 9.69 Å². The first-order chi connectivity index (χ1) is 15.2. The van der Waals surface area contributed by atoms with Crippen molar-refractivity contribution < 1.29 is 14.2 Å². The van der Waals surface area contributed by atoms with Crippen molar-refractivity contribution in [3.8, 4) is 28.6 Å². The summed E-state index contributed by atoms with van der Waals surface area (Å²) < 4.78 is 18.6. The highest BCUT2D eigenvalue weighted by Crippen LogP contribution is 2.40. The first kappa shape index (κ1) is 18.5. The van der Waals surface area contributed by atoms with Crippen LogP contribution in [0.25, 0.3) is 11.4 Å². The van der Waals surface area contributed by atoms with Gasteiger partial charge in [-0.15, -0.1) is 0 Å². The number of benzene rings is 1. The summed E-state index contributed by atoms with van der Waals surface area (Å²) >= 11 is 0. The summed E-state index contributed by atoms with van der Waals surface area (Å²) in [5.74, 6) is 3.74. The molecule has 1 aromatic carbocycles. The molecule has 8 heteroatoms. The molecule has 1 fully saturated rings. The van der Waals surface area contributed by atoms with E-state index in [4.69, 9.17) is 14.2 Å². The fraction of sp³-hybridized carbons (Fsp3) is 0.391. The van der Waals surface area contributed by atoms with E-state index in [-0.39, 0.29) is 12.4 Å². The molecule has 0 spiro atoms. The number of H-pyrrole nitrogens is 1. The first-order valence-corrected chi connectivity index (χ1v) is 10.6. The zero-order valence-corrected chi connectivity index (χ0v) is 17.3. The second-order valence-corrected chi connectivity index (χ2v) is 8.54. The lowest BCUT2D eigenvalue weighted by Gasteiger charge is -2.43. The predicted octanol–water partition coefficient (Wildman–Crippen LogP) is 2.60. The summed E-state index contributed by atoms with van der Waals surface area (Å²) in [6.07, 6.45) is 4.54. The Morgan fingerprint density at radius 2 is 2.06 bits per heavy atom. The van der Waals surface area contributed by atoms with Gasteiger partial charge in [0.25, 0.3) is 5.56 Å². The zero-order valence-electron chi connectivity index (χ0n) is 17.3. The molecule has 0 radical (unpaired) electrons. The maximum absolute atomic E-state index is 13.2. The van der Waals surface area contributed by atoms with Crippen LogP contribution in [0.5, 0.6) is 17.2 Å². The Morgan fingerprint density at radius 3 is 2.87 bits per heavy atom. The number of aromatic amines is 1. The van der Waals surface area contributed by atoms with E-state index in [0.29, 0.717) is 23.2 Å². The van der Waals surface area contributed by atoms with E-state index in [1.807, 2.05) is 22.8 Å². The molecule has 160 valence electrons. The number of pyridine rings is 1. The van der Waals surface area contributed by atoms with Crippen molar-refractivity contribution in [3.05, 3.63) is 58.3 Å². The highest BCUT2D eigenvalue weighted by Gasteiger charge is 2.35. The lowest BCUT2D eigenvalue weighted by Crippen LogP contribution is -2.47. The van der Waals surface area contributed by atoms with Gasteiger partial charge in [-0.05, 0) is 30.5 Å². The van der Waals surface area contributed by atoms with E-state index >= 15 is 0 Å². The van der Waals surface area contributed by atoms with Crippen molar-refractivity contribution >= 4 is 0 Å². The first-order valence-electron chi connectivity index (χ1n) is 10.6. The quantitative estimate of drug-likeness (QED) is 0.699. The number of hydrogen-bond acceptors (Lipinski definition) is 6. The Balaban J connectivity index is 1.28. The molecule has 3 aliphatic heterocycles. The number of imidazole rings is 1. The number of likely N-dealkylation sites (tertiary alicyclic amines) is 1. The van der Waals surface area contributed by atoms with Gasteiger partial charge in [0.15, 0.2) is 11.5 Å². The van der Waals surface area contributed by atoms with Crippen LogP contribution < -0.4 is 19.8 Å². The van der Waals surface area contributed by atoms with Crippen LogP contribution in [0.1, 0.15) is 23.6 Å². The summed E-state index contributed by atoms with van der Waals surface area (Å²) in [7, 11) is 1.69. The van der Waals surface area contributed by atoms with Crippen LogP contribution in [0.3, 0.4) is 0 Å². The molecule has 2 bridgehead atoms. The highest BCUT2D eigenvalue weighted by atomic mass is 16.7. The second-order valence-electron chi connectivity index (χ2n) is 8.54. The maximum Gasteiger partial charge on any atom is 0.261 e. The number of piperidine rings is 1. The van der Waals surface area contributed by atoms with E-state index in [2.05, 4.69) is 20.9 Å². The van der Waals surface area contributed by atoms with Crippen LogP contribution in [-0.4, -0.2) is 46.4 Å². The molecule has 1 N–H and O–H groups in total. The zero-order chi connectivity index (χ0) is 20.9. The van der Waals surface area contributed by atoms with Gasteiger partial charge in [-0.25, -0.2) is 4.98 Å². The minimum Gasteiger partial charge on any atom is -0.496 e. The Kier molecular flexibility index (Phi) is 4.27. The number of fused-ring (bicyclic) bond motifs is 5. The van der Waals surface area contributed by atoms with E-state index in [9.17, 15) is 4.79 Å². The van der Waals surface area contributed by atoms with Gasteiger partial charge in [0.2, 0.25) is 6.79 Å². The van der Waals surface area contributed by atoms with Gasteiger partial charge in [-0.2, -0.15) is 0 Å². The molecular weight excluding hydrogens is 396 g/mol. The van der Waals surface area contributed by atoms with Crippen molar-refractivity contribution in [2.45, 2.75) is 25.4 Å². The van der Waals surface area contributed by atoms with E-state index < -0.39 is 0 Å². The molecule has 0 unspecified atom stereocenters. The third-order valence-electron chi connectivity index (χ3n) is 6.60. The van der Waals surface area contributed by atoms with Crippen LogP contribution in [-0.2, 0) is 13.1 Å². The Bertz CT molecular complexity index is 1190. The number of ether oxygens (including phenoxy) is 3. The molecule has 1 saturated heterocycles. The van der Waals surface area contributed by atoms with E-state index in [0.717, 1.165) is 61.1 Å². The monoisotopic (exact) mass is 420 g/mol. The maximum atomic E-state index is 13.2. The number of hydrogen-bond donors (Lipinski definition) is 1. The fourth-order valence-electron chi connectivity index (χ4n) is 5.29. The molecule has 0 saturated carbocycles. The summed E-state index contributed by atoms with van der Waals surface area (Å²) in [6, 6.07) is 7.95. The molecule has 31 heavy (non-hydrogen) atoms. The summed E-state index contributed by atoms with van der Waals surface area (Å²) in [5, 5.41) is 0. The van der Waals surface area contributed by atoms with Gasteiger partial charge in [0.1, 0.15) is 11.6 Å². The van der Waals surface area contributed by atoms with Gasteiger partial charge < -0.3 is 23.8 Å². The molecule has 0 amide bonds. The number of nitrogens with zero attached hydrogens (tertiary/aromatic N) is 3. The molecule has 3 aliphatic rings. The summed E-state index contributed by atoms with van der Waals surface area (Å²) in [6.45, 7) is 3.63. The topological polar surface area (TPSA) is 81.6 Å². The third kappa shape index (κ3) is 3.09. The average Bonchev–Trinajstić information content (AvgIpc) is 3.45. The molecule has 2 aromatic heterocycles. The van der Waals surface area contributed by atoms with Gasteiger partial charge in [0.05, 0.1) is 12.7 Å². The normalized spacial score (nSPS) is 21.7. The van der Waals surface area contributed by atoms with Crippen LogP contribution in [0.15, 0.2) is 41.5 Å². The summed E-state index contributed by atoms with van der Waals surface area (Å²) in [4.78, 5) is 22.9. The molecule has 2 atom stereocenters. The van der Waals surface area contributed by atoms with Gasteiger partial charge in [0, 0.05) is 61.8 Å². The van der Waals surface area contributed by atoms with Crippen LogP contribution in [0.4, 0.5) is 0 Å². The van der Waals surface area contributed by atoms with Crippen LogP contribution >= 0.6 is 0 Å². The number of rotatable bonds is 4. The Hall–Kier alpha value is -3.26. The van der Waals surface area contributed by atoms with Crippen LogP contribution in [0.2, 0.25) is 0 Å². The van der Waals surface area contributed by atoms with Crippen molar-refractivity contribution in [3.63, 3.8) is 0 Å². The van der Waals surface area contributed by atoms with Crippen molar-refractivity contribution in [2.24, 2.45) is 5.92 Å². The minimum absolute atomic E-state index is 0.0491. The molecule has 8 nitrogen and oxygen atoms in total. The SMILES string of the molecule is COc1cc2c(cc1CN1C[C@@H]3C[C@H](C1)c1ccc(-c4ncc[nH]4)c(=O)n1C3)OCO2. The third-order valence-corrected chi connectivity index (χ3v) is 6.60. The van der Waals surface area contributed by atoms with Crippen molar-refractivity contribution in [1.29, 1.82) is 0 Å². The molecule has 6 rings (SSSR count). The average molecular weight is 420 g/mol. The molecular formula is C23H24N4O4. The highest BCUT2D eigenvalue weighted by molar-refractivity contribution is 5.54. The van der Waals surface area contributed by atoms with Crippen molar-refractivity contribution in [1.82, 2.24) is 19.4 Å². The lowest BCUT2D eigenvalue weighted by molar-refractivity contribution is 0.113. The second kappa shape index (κ2) is 7.16. The Morgan fingerprint density at radius 1 is 1.19 bits per heavy atom. The smallest absolute Gasteiger partial charge is 0.261 e. The minimum atomic E-state index is 0.0491. The number of methoxy groups -OCH3 is 1. The van der Waals surface area contributed by atoms with Crippen LogP contribution in [0, 0.1) is 5.92 Å². The number of nitrogens with one attached hydrogen (secondary N) is 1. The van der Waals surface area contributed by atoms with E-state index in [1.54, 1.807) is 19.5 Å². The Labute approximate surface area is 179 Å². The fourth-order valence-corrected chi connectivity index (χ4v) is 5.29. The summed E-state index contributed by atoms with van der Waals surface area (Å²) in [5.41, 5.74) is 2.90. The largest absolute Gasteiger partial charge is 0.496 e. The molecule has 3 aromatic rings. The van der Waals surface area contributed by atoms with Gasteiger partial charge >= 0.3 is 0 Å². The van der Waals surface area contributed by atoms with Gasteiger partial charge in [-0.1, -0.05) is 0 Å².